The van der Waals surface area contributed by atoms with Crippen LogP contribution in [0.2, 0.25) is 0 Å². The van der Waals surface area contributed by atoms with Crippen molar-refractivity contribution in [1.29, 1.82) is 0 Å². The van der Waals surface area contributed by atoms with Crippen LogP contribution in [0.25, 0.3) is 0 Å². The van der Waals surface area contributed by atoms with Crippen LogP contribution in [0.4, 0.5) is 4.79 Å². The zero-order valence-corrected chi connectivity index (χ0v) is 13.4. The second-order valence-electron chi connectivity index (χ2n) is 5.89. The number of rotatable bonds is 4. The monoisotopic (exact) mass is 319 g/mol. The lowest BCUT2D eigenvalue weighted by molar-refractivity contribution is -0.133. The Balaban J connectivity index is 1.78. The lowest BCUT2D eigenvalue weighted by Crippen LogP contribution is -2.47. The molecule has 2 fully saturated rings. The predicted molar refractivity (Wildman–Crippen MR) is 83.0 cm³/mol. The Morgan fingerprint density at radius 2 is 1.87 bits per heavy atom. The summed E-state index contributed by atoms with van der Waals surface area (Å²) < 4.78 is 10.4. The van der Waals surface area contributed by atoms with Crippen LogP contribution >= 0.6 is 0 Å². The van der Waals surface area contributed by atoms with Gasteiger partial charge in [0.1, 0.15) is 11.3 Å². The molecule has 3 amide bonds. The van der Waals surface area contributed by atoms with Gasteiger partial charge in [0.2, 0.25) is 0 Å². The van der Waals surface area contributed by atoms with Crippen molar-refractivity contribution < 1.29 is 19.1 Å². The molecule has 1 N–H and O–H groups in total. The first-order valence-electron chi connectivity index (χ1n) is 7.63. The summed E-state index contributed by atoms with van der Waals surface area (Å²) in [7, 11) is 1.59. The number of hydrogen-bond donors (Lipinski definition) is 1. The minimum absolute atomic E-state index is 0.237. The number of hydrogen-bond acceptors (Lipinski definition) is 5. The SMILES string of the molecule is COc1ccc(C2(C)NC(=O)N(CN3CCOCC3)C2=O)cc1. The average Bonchev–Trinajstić information content (AvgIpc) is 2.80. The normalized spacial score (nSPS) is 25.6. The molecule has 0 aliphatic carbocycles. The van der Waals surface area contributed by atoms with Gasteiger partial charge < -0.3 is 14.8 Å². The van der Waals surface area contributed by atoms with Gasteiger partial charge in [0, 0.05) is 13.1 Å². The molecular formula is C16H21N3O4. The number of carbonyl (C=O) groups excluding carboxylic acids is 2. The number of urea groups is 1. The van der Waals surface area contributed by atoms with E-state index < -0.39 is 5.54 Å². The van der Waals surface area contributed by atoms with Crippen LogP contribution in [0.5, 0.6) is 5.75 Å². The summed E-state index contributed by atoms with van der Waals surface area (Å²) in [6, 6.07) is 6.81. The van der Waals surface area contributed by atoms with E-state index in [2.05, 4.69) is 5.32 Å². The van der Waals surface area contributed by atoms with E-state index in [9.17, 15) is 9.59 Å². The number of methoxy groups -OCH3 is 1. The Hall–Kier alpha value is -2.12. The van der Waals surface area contributed by atoms with E-state index in [0.717, 1.165) is 18.7 Å². The van der Waals surface area contributed by atoms with Crippen molar-refractivity contribution in [1.82, 2.24) is 15.1 Å². The molecule has 23 heavy (non-hydrogen) atoms. The van der Waals surface area contributed by atoms with Crippen molar-refractivity contribution in [2.24, 2.45) is 0 Å². The van der Waals surface area contributed by atoms with Crippen LogP contribution in [-0.4, -0.2) is 61.8 Å². The zero-order valence-electron chi connectivity index (χ0n) is 13.4. The van der Waals surface area contributed by atoms with Crippen LogP contribution in [-0.2, 0) is 15.1 Å². The van der Waals surface area contributed by atoms with E-state index in [1.54, 1.807) is 38.3 Å². The first-order chi connectivity index (χ1) is 11.0. The summed E-state index contributed by atoms with van der Waals surface area (Å²) >= 11 is 0. The maximum atomic E-state index is 12.8. The molecule has 2 aliphatic heterocycles. The van der Waals surface area contributed by atoms with Gasteiger partial charge in [-0.25, -0.2) is 9.69 Å². The molecule has 1 atom stereocenters. The maximum Gasteiger partial charge on any atom is 0.326 e. The molecule has 3 rings (SSSR count). The Morgan fingerprint density at radius 3 is 2.48 bits per heavy atom. The number of carbonyl (C=O) groups is 2. The van der Waals surface area contributed by atoms with E-state index in [1.165, 1.54) is 4.90 Å². The highest BCUT2D eigenvalue weighted by Crippen LogP contribution is 2.30. The second-order valence-corrected chi connectivity index (χ2v) is 5.89. The summed E-state index contributed by atoms with van der Waals surface area (Å²) in [6.45, 7) is 4.71. The van der Waals surface area contributed by atoms with Crippen LogP contribution in [0.3, 0.4) is 0 Å². The molecule has 7 heteroatoms. The van der Waals surface area contributed by atoms with E-state index in [1.807, 2.05) is 4.90 Å². The molecule has 0 radical (unpaired) electrons. The third-order valence-electron chi connectivity index (χ3n) is 4.39. The summed E-state index contributed by atoms with van der Waals surface area (Å²) in [5.41, 5.74) is -0.309. The summed E-state index contributed by atoms with van der Waals surface area (Å²) in [4.78, 5) is 28.4. The van der Waals surface area contributed by atoms with Gasteiger partial charge in [-0.1, -0.05) is 12.1 Å². The highest BCUT2D eigenvalue weighted by Gasteiger charge is 2.49. The lowest BCUT2D eigenvalue weighted by atomic mass is 9.92. The molecule has 0 saturated carbocycles. The number of imide groups is 1. The van der Waals surface area contributed by atoms with Gasteiger partial charge in [-0.05, 0) is 24.6 Å². The van der Waals surface area contributed by atoms with E-state index in [4.69, 9.17) is 9.47 Å². The number of nitrogens with zero attached hydrogens (tertiary/aromatic N) is 2. The Bertz CT molecular complexity index is 598. The van der Waals surface area contributed by atoms with Gasteiger partial charge in [0.15, 0.2) is 0 Å². The Labute approximate surface area is 135 Å². The van der Waals surface area contributed by atoms with Crippen LogP contribution in [0, 0.1) is 0 Å². The second kappa shape index (κ2) is 6.17. The van der Waals surface area contributed by atoms with Crippen molar-refractivity contribution in [3.63, 3.8) is 0 Å². The van der Waals surface area contributed by atoms with E-state index >= 15 is 0 Å². The quantitative estimate of drug-likeness (QED) is 0.829. The number of nitrogens with one attached hydrogen (secondary N) is 1. The van der Waals surface area contributed by atoms with Gasteiger partial charge in [-0.3, -0.25) is 9.69 Å². The molecular weight excluding hydrogens is 298 g/mol. The summed E-state index contributed by atoms with van der Waals surface area (Å²) in [6.07, 6.45) is 0. The van der Waals surface area contributed by atoms with Gasteiger partial charge in [0.25, 0.3) is 5.91 Å². The summed E-state index contributed by atoms with van der Waals surface area (Å²) in [5.74, 6) is 0.471. The van der Waals surface area contributed by atoms with Gasteiger partial charge in [-0.15, -0.1) is 0 Å². The van der Waals surface area contributed by atoms with Crippen LogP contribution in [0.15, 0.2) is 24.3 Å². The fourth-order valence-electron chi connectivity index (χ4n) is 2.89. The fourth-order valence-corrected chi connectivity index (χ4v) is 2.89. The molecule has 0 aromatic heterocycles. The molecule has 1 unspecified atom stereocenters. The zero-order chi connectivity index (χ0) is 16.4. The Kier molecular flexibility index (Phi) is 4.23. The predicted octanol–water partition coefficient (Wildman–Crippen LogP) is 0.752. The van der Waals surface area contributed by atoms with Crippen molar-refractivity contribution in [2.75, 3.05) is 40.1 Å². The molecule has 1 aromatic carbocycles. The molecule has 2 heterocycles. The highest BCUT2D eigenvalue weighted by atomic mass is 16.5. The van der Waals surface area contributed by atoms with Crippen molar-refractivity contribution in [3.8, 4) is 5.75 Å². The van der Waals surface area contributed by atoms with Gasteiger partial charge in [-0.2, -0.15) is 0 Å². The molecule has 2 saturated heterocycles. The minimum Gasteiger partial charge on any atom is -0.497 e. The van der Waals surface area contributed by atoms with E-state index in [0.29, 0.717) is 25.6 Å². The molecule has 124 valence electrons. The number of amides is 3. The molecule has 0 spiro atoms. The number of ether oxygens (including phenoxy) is 2. The minimum atomic E-state index is -1.05. The van der Waals surface area contributed by atoms with Gasteiger partial charge in [0.05, 0.1) is 27.0 Å². The summed E-state index contributed by atoms with van der Waals surface area (Å²) in [5, 5.41) is 2.81. The molecule has 2 aliphatic rings. The topological polar surface area (TPSA) is 71.1 Å². The first kappa shape index (κ1) is 15.8. The van der Waals surface area contributed by atoms with Crippen molar-refractivity contribution >= 4 is 11.9 Å². The Morgan fingerprint density at radius 1 is 1.22 bits per heavy atom. The highest BCUT2D eigenvalue weighted by molar-refractivity contribution is 6.07. The third kappa shape index (κ3) is 2.89. The molecule has 0 bridgehead atoms. The number of benzene rings is 1. The molecule has 1 aromatic rings. The number of morpholine rings is 1. The van der Waals surface area contributed by atoms with Crippen molar-refractivity contribution in [2.45, 2.75) is 12.5 Å². The smallest absolute Gasteiger partial charge is 0.326 e. The average molecular weight is 319 g/mol. The fraction of sp³-hybridized carbons (Fsp3) is 0.500. The lowest BCUT2D eigenvalue weighted by Gasteiger charge is -2.30. The van der Waals surface area contributed by atoms with Gasteiger partial charge >= 0.3 is 6.03 Å². The standard InChI is InChI=1S/C16H21N3O4/c1-16(12-3-5-13(22-2)6-4-12)14(20)19(15(21)17-16)11-18-7-9-23-10-8-18/h3-6H,7-11H2,1-2H3,(H,17,21). The van der Waals surface area contributed by atoms with Crippen LogP contribution in [0.1, 0.15) is 12.5 Å². The van der Waals surface area contributed by atoms with Crippen molar-refractivity contribution in [3.05, 3.63) is 29.8 Å². The maximum absolute atomic E-state index is 12.8. The van der Waals surface area contributed by atoms with Crippen LogP contribution < -0.4 is 10.1 Å². The molecule has 7 nitrogen and oxygen atoms in total. The third-order valence-corrected chi connectivity index (χ3v) is 4.39. The van der Waals surface area contributed by atoms with E-state index in [-0.39, 0.29) is 11.9 Å². The largest absolute Gasteiger partial charge is 0.497 e. The first-order valence-corrected chi connectivity index (χ1v) is 7.63.